The van der Waals surface area contributed by atoms with E-state index in [2.05, 4.69) is 0 Å². The number of benzene rings is 1. The number of amides is 1. The molecule has 2 atom stereocenters. The van der Waals surface area contributed by atoms with Crippen LogP contribution in [0.15, 0.2) is 24.3 Å². The zero-order valence-electron chi connectivity index (χ0n) is 12.6. The number of rotatable bonds is 4. The SMILES string of the molecule is O=C(O)N1C[C@@H]2CN(S(=O)(=O)CCc3cccc(Cl)c3)C[C@@H]2C1. The van der Waals surface area contributed by atoms with Crippen LogP contribution in [-0.4, -0.2) is 60.8 Å². The summed E-state index contributed by atoms with van der Waals surface area (Å²) in [6, 6.07) is 7.21. The maximum absolute atomic E-state index is 12.5. The summed E-state index contributed by atoms with van der Waals surface area (Å²) in [5.41, 5.74) is 0.900. The first-order chi connectivity index (χ1) is 10.8. The largest absolute Gasteiger partial charge is 0.465 e. The quantitative estimate of drug-likeness (QED) is 0.889. The molecule has 0 radical (unpaired) electrons. The minimum Gasteiger partial charge on any atom is -0.465 e. The minimum atomic E-state index is -3.33. The molecule has 1 aromatic carbocycles. The van der Waals surface area contributed by atoms with Crippen LogP contribution in [0.25, 0.3) is 0 Å². The number of fused-ring (bicyclic) bond motifs is 1. The Kier molecular flexibility index (Phi) is 4.53. The van der Waals surface area contributed by atoms with E-state index >= 15 is 0 Å². The number of carboxylic acid groups (broad SMARTS) is 1. The second-order valence-corrected chi connectivity index (χ2v) is 8.75. The Morgan fingerprint density at radius 3 is 2.43 bits per heavy atom. The second-order valence-electron chi connectivity index (χ2n) is 6.22. The van der Waals surface area contributed by atoms with Gasteiger partial charge >= 0.3 is 6.09 Å². The number of hydrogen-bond donors (Lipinski definition) is 1. The summed E-state index contributed by atoms with van der Waals surface area (Å²) in [6.07, 6.45) is -0.495. The van der Waals surface area contributed by atoms with Crippen LogP contribution >= 0.6 is 11.6 Å². The molecule has 2 fully saturated rings. The van der Waals surface area contributed by atoms with E-state index in [1.807, 2.05) is 12.1 Å². The predicted octanol–water partition coefficient (Wildman–Crippen LogP) is 1.75. The van der Waals surface area contributed by atoms with Crippen LogP contribution in [0, 0.1) is 11.8 Å². The van der Waals surface area contributed by atoms with Gasteiger partial charge in [0.15, 0.2) is 0 Å². The third-order valence-corrected chi connectivity index (χ3v) is 6.69. The molecule has 0 saturated carbocycles. The topological polar surface area (TPSA) is 77.9 Å². The van der Waals surface area contributed by atoms with E-state index in [-0.39, 0.29) is 17.6 Å². The lowest BCUT2D eigenvalue weighted by atomic mass is 10.0. The van der Waals surface area contributed by atoms with Crippen molar-refractivity contribution in [3.63, 3.8) is 0 Å². The number of halogens is 1. The van der Waals surface area contributed by atoms with E-state index in [9.17, 15) is 13.2 Å². The first-order valence-corrected chi connectivity index (χ1v) is 9.54. The molecular formula is C15H19ClN2O4S. The molecule has 2 aliphatic heterocycles. The number of nitrogens with zero attached hydrogens (tertiary/aromatic N) is 2. The molecule has 6 nitrogen and oxygen atoms in total. The van der Waals surface area contributed by atoms with Gasteiger partial charge in [-0.3, -0.25) is 0 Å². The molecule has 1 aromatic rings. The first-order valence-electron chi connectivity index (χ1n) is 7.55. The summed E-state index contributed by atoms with van der Waals surface area (Å²) in [7, 11) is -3.33. The molecule has 0 unspecified atom stereocenters. The van der Waals surface area contributed by atoms with Crippen molar-refractivity contribution in [2.45, 2.75) is 6.42 Å². The predicted molar refractivity (Wildman–Crippen MR) is 87.1 cm³/mol. The molecule has 23 heavy (non-hydrogen) atoms. The molecule has 0 bridgehead atoms. The molecule has 2 aliphatic rings. The molecule has 1 amide bonds. The van der Waals surface area contributed by atoms with Gasteiger partial charge in [0.1, 0.15) is 0 Å². The fourth-order valence-corrected chi connectivity index (χ4v) is 5.20. The highest BCUT2D eigenvalue weighted by Gasteiger charge is 2.44. The summed E-state index contributed by atoms with van der Waals surface area (Å²) < 4.78 is 26.5. The van der Waals surface area contributed by atoms with Gasteiger partial charge in [0.25, 0.3) is 0 Å². The highest BCUT2D eigenvalue weighted by molar-refractivity contribution is 7.89. The standard InChI is InChI=1S/C15H19ClN2O4S/c16-14-3-1-2-11(6-14)4-5-23(21,22)18-9-12-7-17(15(19)20)8-13(12)10-18/h1-3,6,12-13H,4-5,7-10H2,(H,19,20)/t12-,13+. The van der Waals surface area contributed by atoms with Crippen molar-refractivity contribution in [3.8, 4) is 0 Å². The van der Waals surface area contributed by atoms with E-state index in [1.54, 1.807) is 12.1 Å². The molecule has 8 heteroatoms. The van der Waals surface area contributed by atoms with Gasteiger partial charge in [-0.25, -0.2) is 17.5 Å². The zero-order chi connectivity index (χ0) is 16.6. The fourth-order valence-electron chi connectivity index (χ4n) is 3.40. The zero-order valence-corrected chi connectivity index (χ0v) is 14.1. The van der Waals surface area contributed by atoms with Crippen LogP contribution in [0.4, 0.5) is 4.79 Å². The highest BCUT2D eigenvalue weighted by Crippen LogP contribution is 2.32. The lowest BCUT2D eigenvalue weighted by molar-refractivity contribution is 0.151. The summed E-state index contributed by atoms with van der Waals surface area (Å²) in [4.78, 5) is 12.4. The van der Waals surface area contributed by atoms with Crippen molar-refractivity contribution >= 4 is 27.7 Å². The van der Waals surface area contributed by atoms with Crippen molar-refractivity contribution in [2.75, 3.05) is 31.9 Å². The van der Waals surface area contributed by atoms with Gasteiger partial charge in [0, 0.05) is 31.2 Å². The molecule has 126 valence electrons. The normalized spacial score (nSPS) is 24.8. The van der Waals surface area contributed by atoms with Crippen molar-refractivity contribution in [2.24, 2.45) is 11.8 Å². The van der Waals surface area contributed by atoms with Crippen LogP contribution in [0.2, 0.25) is 5.02 Å². The average Bonchev–Trinajstić information content (AvgIpc) is 3.04. The third-order valence-electron chi connectivity index (χ3n) is 4.65. The van der Waals surface area contributed by atoms with Gasteiger partial charge in [0.05, 0.1) is 5.75 Å². The monoisotopic (exact) mass is 358 g/mol. The summed E-state index contributed by atoms with van der Waals surface area (Å²) >= 11 is 5.91. The van der Waals surface area contributed by atoms with Crippen LogP contribution in [0.5, 0.6) is 0 Å². The molecule has 0 aliphatic carbocycles. The van der Waals surface area contributed by atoms with Crippen molar-refractivity contribution in [3.05, 3.63) is 34.9 Å². The minimum absolute atomic E-state index is 0.0510. The van der Waals surface area contributed by atoms with Crippen LogP contribution in [0.1, 0.15) is 5.56 Å². The Labute approximate surface area is 140 Å². The number of sulfonamides is 1. The summed E-state index contributed by atoms with van der Waals surface area (Å²) in [6.45, 7) is 1.71. The smallest absolute Gasteiger partial charge is 0.407 e. The Bertz CT molecular complexity index is 695. The third kappa shape index (κ3) is 3.62. The van der Waals surface area contributed by atoms with Gasteiger partial charge in [0.2, 0.25) is 10.0 Å². The van der Waals surface area contributed by atoms with E-state index < -0.39 is 16.1 Å². The highest BCUT2D eigenvalue weighted by atomic mass is 35.5. The number of carbonyl (C=O) groups is 1. The van der Waals surface area contributed by atoms with Gasteiger partial charge in [-0.05, 0) is 36.0 Å². The summed E-state index contributed by atoms with van der Waals surface area (Å²) in [5.74, 6) is 0.286. The van der Waals surface area contributed by atoms with Gasteiger partial charge < -0.3 is 10.0 Å². The Morgan fingerprint density at radius 1 is 1.22 bits per heavy atom. The number of hydrogen-bond acceptors (Lipinski definition) is 3. The average molecular weight is 359 g/mol. The maximum atomic E-state index is 12.5. The molecule has 2 saturated heterocycles. The lowest BCUT2D eigenvalue weighted by Gasteiger charge is -2.20. The van der Waals surface area contributed by atoms with Crippen molar-refractivity contribution in [1.82, 2.24) is 9.21 Å². The van der Waals surface area contributed by atoms with Gasteiger partial charge in [-0.15, -0.1) is 0 Å². The van der Waals surface area contributed by atoms with Crippen LogP contribution in [-0.2, 0) is 16.4 Å². The molecule has 0 aromatic heterocycles. The van der Waals surface area contributed by atoms with E-state index in [0.717, 1.165) is 5.56 Å². The van der Waals surface area contributed by atoms with E-state index in [1.165, 1.54) is 9.21 Å². The van der Waals surface area contributed by atoms with Gasteiger partial charge in [-0.1, -0.05) is 23.7 Å². The Balaban J connectivity index is 1.59. The summed E-state index contributed by atoms with van der Waals surface area (Å²) in [5, 5.41) is 9.61. The number of likely N-dealkylation sites (tertiary alicyclic amines) is 1. The van der Waals surface area contributed by atoms with E-state index in [0.29, 0.717) is 37.6 Å². The second kappa shape index (κ2) is 6.30. The van der Waals surface area contributed by atoms with Crippen molar-refractivity contribution in [1.29, 1.82) is 0 Å². The van der Waals surface area contributed by atoms with E-state index in [4.69, 9.17) is 16.7 Å². The van der Waals surface area contributed by atoms with Crippen LogP contribution in [0.3, 0.4) is 0 Å². The van der Waals surface area contributed by atoms with Gasteiger partial charge in [-0.2, -0.15) is 0 Å². The lowest BCUT2D eigenvalue weighted by Crippen LogP contribution is -2.36. The molecular weight excluding hydrogens is 340 g/mol. The fraction of sp³-hybridized carbons (Fsp3) is 0.533. The first kappa shape index (κ1) is 16.5. The van der Waals surface area contributed by atoms with Crippen LogP contribution < -0.4 is 0 Å². The molecule has 1 N–H and O–H groups in total. The maximum Gasteiger partial charge on any atom is 0.407 e. The molecule has 2 heterocycles. The molecule has 3 rings (SSSR count). The number of aryl methyl sites for hydroxylation is 1. The Morgan fingerprint density at radius 2 is 1.87 bits per heavy atom. The van der Waals surface area contributed by atoms with Crippen molar-refractivity contribution < 1.29 is 18.3 Å². The molecule has 0 spiro atoms. The Hall–Kier alpha value is -1.31.